The Balaban J connectivity index is 1.73. The van der Waals surface area contributed by atoms with Crippen LogP contribution in [0.2, 0.25) is 0 Å². The van der Waals surface area contributed by atoms with E-state index < -0.39 is 0 Å². The molecule has 1 aromatic heterocycles. The fourth-order valence-corrected chi connectivity index (χ4v) is 3.36. The molecule has 1 N–H and O–H groups in total. The molecule has 2 nitrogen and oxygen atoms in total. The lowest BCUT2D eigenvalue weighted by Gasteiger charge is -2.23. The first-order valence-corrected chi connectivity index (χ1v) is 7.44. The molecule has 3 rings (SSSR count). The largest absolute Gasteiger partial charge is 0.316 e. The predicted molar refractivity (Wildman–Crippen MR) is 82.8 cm³/mol. The Morgan fingerprint density at radius 1 is 1.10 bits per heavy atom. The Morgan fingerprint density at radius 2 is 1.85 bits per heavy atom. The fraction of sp³-hybridized carbons (Fsp3) is 0.389. The number of nitrogens with one attached hydrogen (secondary N) is 1. The molecule has 1 fully saturated rings. The van der Waals surface area contributed by atoms with Crippen LogP contribution in [0, 0.1) is 5.92 Å². The lowest BCUT2D eigenvalue weighted by Crippen LogP contribution is -2.33. The summed E-state index contributed by atoms with van der Waals surface area (Å²) in [6.07, 6.45) is 3.17. The Labute approximate surface area is 121 Å². The van der Waals surface area contributed by atoms with E-state index >= 15 is 0 Å². The average Bonchev–Trinajstić information content (AvgIpc) is 3.30. The molecule has 20 heavy (non-hydrogen) atoms. The summed E-state index contributed by atoms with van der Waals surface area (Å²) >= 11 is 0. The van der Waals surface area contributed by atoms with Crippen LogP contribution in [0.3, 0.4) is 0 Å². The van der Waals surface area contributed by atoms with Gasteiger partial charge in [-0.3, -0.25) is 4.98 Å². The van der Waals surface area contributed by atoms with Gasteiger partial charge in [-0.2, -0.15) is 0 Å². The molecule has 1 saturated carbocycles. The van der Waals surface area contributed by atoms with Crippen molar-refractivity contribution in [3.63, 3.8) is 0 Å². The summed E-state index contributed by atoms with van der Waals surface area (Å²) in [4.78, 5) is 4.52. The molecule has 2 aromatic rings. The zero-order chi connectivity index (χ0) is 13.9. The van der Waals surface area contributed by atoms with Crippen LogP contribution in [0.5, 0.6) is 0 Å². The summed E-state index contributed by atoms with van der Waals surface area (Å²) in [6, 6.07) is 17.6. The van der Waals surface area contributed by atoms with Gasteiger partial charge in [-0.1, -0.05) is 43.3 Å². The molecule has 4 unspecified atom stereocenters. The highest BCUT2D eigenvalue weighted by atomic mass is 14.9. The molecule has 0 amide bonds. The number of benzene rings is 1. The van der Waals surface area contributed by atoms with Crippen LogP contribution in [0.15, 0.2) is 54.7 Å². The third-order valence-electron chi connectivity index (χ3n) is 4.56. The first kappa shape index (κ1) is 13.3. The van der Waals surface area contributed by atoms with E-state index in [9.17, 15) is 0 Å². The molecule has 104 valence electrons. The zero-order valence-electron chi connectivity index (χ0n) is 12.2. The van der Waals surface area contributed by atoms with Gasteiger partial charge >= 0.3 is 0 Å². The first-order valence-electron chi connectivity index (χ1n) is 7.44. The molecule has 1 aromatic carbocycles. The summed E-state index contributed by atoms with van der Waals surface area (Å²) < 4.78 is 0. The van der Waals surface area contributed by atoms with E-state index in [0.29, 0.717) is 17.9 Å². The minimum atomic E-state index is 0.444. The van der Waals surface area contributed by atoms with E-state index in [-0.39, 0.29) is 0 Å². The van der Waals surface area contributed by atoms with Gasteiger partial charge in [0.2, 0.25) is 0 Å². The lowest BCUT2D eigenvalue weighted by atomic mass is 9.92. The third kappa shape index (κ3) is 2.61. The van der Waals surface area contributed by atoms with Crippen LogP contribution < -0.4 is 5.32 Å². The van der Waals surface area contributed by atoms with Crippen molar-refractivity contribution < 1.29 is 0 Å². The van der Waals surface area contributed by atoms with Gasteiger partial charge in [-0.25, -0.2) is 0 Å². The number of aromatic nitrogens is 1. The molecule has 1 aliphatic rings. The normalized spacial score (nSPS) is 24.1. The van der Waals surface area contributed by atoms with Gasteiger partial charge in [0, 0.05) is 23.9 Å². The van der Waals surface area contributed by atoms with E-state index in [1.165, 1.54) is 17.7 Å². The van der Waals surface area contributed by atoms with Gasteiger partial charge in [-0.05, 0) is 43.0 Å². The van der Waals surface area contributed by atoms with Crippen molar-refractivity contribution in [2.45, 2.75) is 31.2 Å². The maximum absolute atomic E-state index is 4.52. The van der Waals surface area contributed by atoms with Gasteiger partial charge in [0.15, 0.2) is 0 Å². The fourth-order valence-electron chi connectivity index (χ4n) is 3.36. The molecule has 0 spiro atoms. The monoisotopic (exact) mass is 266 g/mol. The second-order valence-electron chi connectivity index (χ2n) is 5.77. The van der Waals surface area contributed by atoms with E-state index in [2.05, 4.69) is 66.7 Å². The smallest absolute Gasteiger partial charge is 0.0447 e. The number of likely N-dealkylation sites (N-methyl/N-ethyl adjacent to an activating group) is 1. The van der Waals surface area contributed by atoms with Crippen LogP contribution in [0.4, 0.5) is 0 Å². The zero-order valence-corrected chi connectivity index (χ0v) is 12.2. The van der Waals surface area contributed by atoms with Crippen LogP contribution in [-0.2, 0) is 0 Å². The van der Waals surface area contributed by atoms with Gasteiger partial charge in [0.1, 0.15) is 0 Å². The molecule has 0 aliphatic heterocycles. The minimum absolute atomic E-state index is 0.444. The number of nitrogens with zero attached hydrogens (tertiary/aromatic N) is 1. The molecular weight excluding hydrogens is 244 g/mol. The van der Waals surface area contributed by atoms with Crippen LogP contribution in [0.1, 0.15) is 36.4 Å². The quantitative estimate of drug-likeness (QED) is 0.894. The SMILES string of the molecule is CNC(C(C)c1ccccn1)C1CC1c1ccccc1. The summed E-state index contributed by atoms with van der Waals surface area (Å²) in [5, 5.41) is 3.52. The summed E-state index contributed by atoms with van der Waals surface area (Å²) in [5.74, 6) is 1.87. The van der Waals surface area contributed by atoms with Crippen molar-refractivity contribution in [3.8, 4) is 0 Å². The van der Waals surface area contributed by atoms with E-state index in [1.807, 2.05) is 12.3 Å². The maximum Gasteiger partial charge on any atom is 0.0447 e. The molecule has 0 radical (unpaired) electrons. The Hall–Kier alpha value is -1.67. The standard InChI is InChI=1S/C18H22N2/c1-13(17-10-6-7-11-20-17)18(19-2)16-12-15(16)14-8-4-3-5-9-14/h3-11,13,15-16,18-19H,12H2,1-2H3. The molecule has 2 heteroatoms. The number of rotatable bonds is 5. The predicted octanol–water partition coefficient (Wildman–Crippen LogP) is 3.58. The Kier molecular flexibility index (Phi) is 3.83. The molecule has 4 atom stereocenters. The van der Waals surface area contributed by atoms with E-state index in [1.54, 1.807) is 0 Å². The van der Waals surface area contributed by atoms with E-state index in [4.69, 9.17) is 0 Å². The van der Waals surface area contributed by atoms with Crippen molar-refractivity contribution in [2.24, 2.45) is 5.92 Å². The highest BCUT2D eigenvalue weighted by Crippen LogP contribution is 2.51. The van der Waals surface area contributed by atoms with E-state index in [0.717, 1.165) is 5.92 Å². The second-order valence-corrected chi connectivity index (χ2v) is 5.77. The first-order chi connectivity index (χ1) is 9.81. The Morgan fingerprint density at radius 3 is 2.50 bits per heavy atom. The average molecular weight is 266 g/mol. The highest BCUT2D eigenvalue weighted by Gasteiger charge is 2.45. The van der Waals surface area contributed by atoms with Crippen molar-refractivity contribution in [2.75, 3.05) is 7.05 Å². The van der Waals surface area contributed by atoms with Gasteiger partial charge in [0.05, 0.1) is 0 Å². The minimum Gasteiger partial charge on any atom is -0.316 e. The highest BCUT2D eigenvalue weighted by molar-refractivity contribution is 5.28. The van der Waals surface area contributed by atoms with Crippen molar-refractivity contribution >= 4 is 0 Å². The summed E-state index contributed by atoms with van der Waals surface area (Å²) in [7, 11) is 2.07. The summed E-state index contributed by atoms with van der Waals surface area (Å²) in [6.45, 7) is 2.28. The topological polar surface area (TPSA) is 24.9 Å². The van der Waals surface area contributed by atoms with Crippen LogP contribution >= 0.6 is 0 Å². The number of hydrogen-bond donors (Lipinski definition) is 1. The molecular formula is C18H22N2. The van der Waals surface area contributed by atoms with Gasteiger partial charge in [-0.15, -0.1) is 0 Å². The molecule has 0 bridgehead atoms. The summed E-state index contributed by atoms with van der Waals surface area (Å²) in [5.41, 5.74) is 2.66. The number of hydrogen-bond acceptors (Lipinski definition) is 2. The van der Waals surface area contributed by atoms with Crippen LogP contribution in [0.25, 0.3) is 0 Å². The lowest BCUT2D eigenvalue weighted by molar-refractivity contribution is 0.424. The second kappa shape index (κ2) is 5.76. The third-order valence-corrected chi connectivity index (χ3v) is 4.56. The van der Waals surface area contributed by atoms with Gasteiger partial charge < -0.3 is 5.32 Å². The molecule has 0 saturated heterocycles. The maximum atomic E-state index is 4.52. The number of pyridine rings is 1. The Bertz CT molecular complexity index is 538. The van der Waals surface area contributed by atoms with Gasteiger partial charge in [0.25, 0.3) is 0 Å². The molecule has 1 heterocycles. The molecule has 1 aliphatic carbocycles. The van der Waals surface area contributed by atoms with Crippen molar-refractivity contribution in [1.29, 1.82) is 0 Å². The van der Waals surface area contributed by atoms with Crippen molar-refractivity contribution in [1.82, 2.24) is 10.3 Å². The van der Waals surface area contributed by atoms with Crippen molar-refractivity contribution in [3.05, 3.63) is 66.0 Å². The van der Waals surface area contributed by atoms with Crippen LogP contribution in [-0.4, -0.2) is 18.1 Å².